The molecule has 1 saturated heterocycles. The molecule has 31 heavy (non-hydrogen) atoms. The Morgan fingerprint density at radius 2 is 2.13 bits per heavy atom. The van der Waals surface area contributed by atoms with Crippen LogP contribution in [0.5, 0.6) is 0 Å². The zero-order chi connectivity index (χ0) is 23.0. The van der Waals surface area contributed by atoms with E-state index in [4.69, 9.17) is 11.6 Å². The van der Waals surface area contributed by atoms with E-state index in [1.54, 1.807) is 6.92 Å². The van der Waals surface area contributed by atoms with Gasteiger partial charge in [-0.15, -0.1) is 11.8 Å². The standard InChI is InChI=1S/C22H29ClF3N3OS/c1-15-7-4-5-11-29(15)12-6-10-28-21(30)20(16(2)27-3)31-14-17-13-18(22(24,25)26)8-9-19(17)23/h8-9,13,15H,3-7,10-12,14H2,1-2H3,(H,28,30)/b20-16-. The maximum Gasteiger partial charge on any atom is 0.416 e. The van der Waals surface area contributed by atoms with Crippen LogP contribution in [-0.4, -0.2) is 43.2 Å². The number of amides is 1. The van der Waals surface area contributed by atoms with Crippen LogP contribution in [0.1, 0.15) is 50.7 Å². The van der Waals surface area contributed by atoms with Crippen LogP contribution in [0.3, 0.4) is 0 Å². The Balaban J connectivity index is 1.95. The predicted molar refractivity (Wildman–Crippen MR) is 123 cm³/mol. The summed E-state index contributed by atoms with van der Waals surface area (Å²) in [7, 11) is 0. The molecule has 2 rings (SSSR count). The number of piperidine rings is 1. The summed E-state index contributed by atoms with van der Waals surface area (Å²) in [5, 5.41) is 3.12. The molecule has 4 nitrogen and oxygen atoms in total. The number of nitrogens with zero attached hydrogens (tertiary/aromatic N) is 2. The first-order valence-electron chi connectivity index (χ1n) is 10.3. The average molecular weight is 476 g/mol. The van der Waals surface area contributed by atoms with Crippen LogP contribution in [0.2, 0.25) is 5.02 Å². The fourth-order valence-corrected chi connectivity index (χ4v) is 4.75. The number of nitrogens with one attached hydrogen (secondary N) is 1. The predicted octanol–water partition coefficient (Wildman–Crippen LogP) is 5.90. The molecule has 1 unspecified atom stereocenters. The van der Waals surface area contributed by atoms with Crippen LogP contribution in [-0.2, 0) is 16.7 Å². The largest absolute Gasteiger partial charge is 0.416 e. The maximum absolute atomic E-state index is 13.0. The van der Waals surface area contributed by atoms with Gasteiger partial charge in [-0.05, 0) is 70.1 Å². The van der Waals surface area contributed by atoms with Gasteiger partial charge in [0, 0.05) is 29.9 Å². The lowest BCUT2D eigenvalue weighted by Crippen LogP contribution is -2.39. The minimum atomic E-state index is -4.45. The average Bonchev–Trinajstić information content (AvgIpc) is 2.72. The monoisotopic (exact) mass is 475 g/mol. The molecule has 0 spiro atoms. The molecular weight excluding hydrogens is 447 g/mol. The van der Waals surface area contributed by atoms with E-state index in [0.717, 1.165) is 43.4 Å². The van der Waals surface area contributed by atoms with Crippen molar-refractivity contribution in [2.75, 3.05) is 19.6 Å². The van der Waals surface area contributed by atoms with Crippen molar-refractivity contribution < 1.29 is 18.0 Å². The Labute approximate surface area is 191 Å². The van der Waals surface area contributed by atoms with Crippen LogP contribution in [0.25, 0.3) is 0 Å². The molecule has 1 aliphatic rings. The number of aliphatic imine (C=N–C) groups is 1. The summed E-state index contributed by atoms with van der Waals surface area (Å²) in [4.78, 5) is 19.3. The van der Waals surface area contributed by atoms with E-state index in [0.29, 0.717) is 28.8 Å². The SMILES string of the molecule is C=N/C(C)=C(\SCc1cc(C(F)(F)F)ccc1Cl)C(=O)NCCCN1CCCCC1C. The Bertz CT molecular complexity index is 814. The summed E-state index contributed by atoms with van der Waals surface area (Å²) >= 11 is 7.18. The van der Waals surface area contributed by atoms with E-state index in [-0.39, 0.29) is 16.7 Å². The zero-order valence-corrected chi connectivity index (χ0v) is 19.5. The number of carbonyl (C=O) groups is 1. The van der Waals surface area contributed by atoms with Gasteiger partial charge in [0.15, 0.2) is 0 Å². The van der Waals surface area contributed by atoms with E-state index in [2.05, 4.69) is 28.9 Å². The van der Waals surface area contributed by atoms with Crippen LogP contribution >= 0.6 is 23.4 Å². The first-order valence-corrected chi connectivity index (χ1v) is 11.7. The van der Waals surface area contributed by atoms with Gasteiger partial charge in [-0.3, -0.25) is 9.79 Å². The third-order valence-electron chi connectivity index (χ3n) is 5.37. The van der Waals surface area contributed by atoms with Crippen molar-refractivity contribution in [3.05, 3.63) is 45.0 Å². The Kier molecular flexibility index (Phi) is 9.90. The number of benzene rings is 1. The normalized spacial score (nSPS) is 18.5. The van der Waals surface area contributed by atoms with Crippen LogP contribution in [0.15, 0.2) is 33.8 Å². The number of halogens is 4. The highest BCUT2D eigenvalue weighted by Crippen LogP contribution is 2.34. The molecule has 1 N–H and O–H groups in total. The van der Waals surface area contributed by atoms with E-state index in [1.165, 1.54) is 25.3 Å². The molecule has 1 aromatic rings. The van der Waals surface area contributed by atoms with E-state index >= 15 is 0 Å². The molecule has 172 valence electrons. The molecule has 1 aliphatic heterocycles. The lowest BCUT2D eigenvalue weighted by Gasteiger charge is -2.33. The fraction of sp³-hybridized carbons (Fsp3) is 0.545. The Hall–Kier alpha value is -1.51. The van der Waals surface area contributed by atoms with Crippen molar-refractivity contribution in [2.45, 2.75) is 57.5 Å². The van der Waals surface area contributed by atoms with Gasteiger partial charge < -0.3 is 10.2 Å². The number of hydrogen-bond acceptors (Lipinski definition) is 4. The van der Waals surface area contributed by atoms with Crippen molar-refractivity contribution in [3.8, 4) is 0 Å². The van der Waals surface area contributed by atoms with Crippen molar-refractivity contribution in [3.63, 3.8) is 0 Å². The quantitative estimate of drug-likeness (QED) is 0.274. The number of hydrogen-bond donors (Lipinski definition) is 1. The number of allylic oxidation sites excluding steroid dienone is 1. The molecule has 0 radical (unpaired) electrons. The molecule has 1 fully saturated rings. The van der Waals surface area contributed by atoms with Gasteiger partial charge in [-0.25, -0.2) is 0 Å². The first-order chi connectivity index (χ1) is 14.6. The van der Waals surface area contributed by atoms with Crippen LogP contribution < -0.4 is 5.32 Å². The van der Waals surface area contributed by atoms with Gasteiger partial charge in [0.25, 0.3) is 5.91 Å². The van der Waals surface area contributed by atoms with Crippen molar-refractivity contribution in [1.82, 2.24) is 10.2 Å². The van der Waals surface area contributed by atoms with E-state index in [1.807, 2.05) is 0 Å². The second-order valence-electron chi connectivity index (χ2n) is 7.66. The molecule has 0 bridgehead atoms. The minimum absolute atomic E-state index is 0.115. The highest BCUT2D eigenvalue weighted by Gasteiger charge is 2.31. The minimum Gasteiger partial charge on any atom is -0.351 e. The van der Waals surface area contributed by atoms with Crippen LogP contribution in [0, 0.1) is 0 Å². The van der Waals surface area contributed by atoms with Gasteiger partial charge in [0.1, 0.15) is 0 Å². The van der Waals surface area contributed by atoms with Gasteiger partial charge in [-0.1, -0.05) is 18.0 Å². The molecular formula is C22H29ClF3N3OS. The van der Waals surface area contributed by atoms with Gasteiger partial charge in [0.2, 0.25) is 0 Å². The van der Waals surface area contributed by atoms with E-state index in [9.17, 15) is 18.0 Å². The number of likely N-dealkylation sites (tertiary alicyclic amines) is 1. The smallest absolute Gasteiger partial charge is 0.351 e. The van der Waals surface area contributed by atoms with Crippen molar-refractivity contribution in [1.29, 1.82) is 0 Å². The number of thioether (sulfide) groups is 1. The molecule has 0 saturated carbocycles. The highest BCUT2D eigenvalue weighted by atomic mass is 35.5. The van der Waals surface area contributed by atoms with Gasteiger partial charge >= 0.3 is 6.18 Å². The summed E-state index contributed by atoms with van der Waals surface area (Å²) in [5.74, 6) is -0.186. The molecule has 1 heterocycles. The van der Waals surface area contributed by atoms with Gasteiger partial charge in [0.05, 0.1) is 16.2 Å². The topological polar surface area (TPSA) is 44.7 Å². The highest BCUT2D eigenvalue weighted by molar-refractivity contribution is 8.03. The molecule has 9 heteroatoms. The summed E-state index contributed by atoms with van der Waals surface area (Å²) in [6.45, 7) is 9.87. The third-order valence-corrected chi connectivity index (χ3v) is 6.96. The number of alkyl halides is 3. The summed E-state index contributed by atoms with van der Waals surface area (Å²) < 4.78 is 39.0. The van der Waals surface area contributed by atoms with Gasteiger partial charge in [-0.2, -0.15) is 13.2 Å². The second kappa shape index (κ2) is 11.9. The van der Waals surface area contributed by atoms with Crippen molar-refractivity contribution >= 4 is 36.0 Å². The van der Waals surface area contributed by atoms with Crippen LogP contribution in [0.4, 0.5) is 13.2 Å². The fourth-order valence-electron chi connectivity index (χ4n) is 3.47. The molecule has 1 amide bonds. The number of rotatable bonds is 9. The molecule has 1 aromatic carbocycles. The maximum atomic E-state index is 13.0. The third kappa shape index (κ3) is 7.84. The Morgan fingerprint density at radius 1 is 1.39 bits per heavy atom. The molecule has 1 atom stereocenters. The zero-order valence-electron chi connectivity index (χ0n) is 17.9. The summed E-state index contributed by atoms with van der Waals surface area (Å²) in [6, 6.07) is 3.75. The lowest BCUT2D eigenvalue weighted by molar-refractivity contribution is -0.137. The summed E-state index contributed by atoms with van der Waals surface area (Å²) in [6.07, 6.45) is 0.0583. The second-order valence-corrected chi connectivity index (χ2v) is 9.05. The summed E-state index contributed by atoms with van der Waals surface area (Å²) in [5.41, 5.74) is -0.0361. The molecule has 0 aliphatic carbocycles. The number of carbonyl (C=O) groups excluding carboxylic acids is 1. The van der Waals surface area contributed by atoms with Crippen molar-refractivity contribution in [2.24, 2.45) is 4.99 Å². The van der Waals surface area contributed by atoms with E-state index < -0.39 is 11.7 Å². The molecule has 0 aromatic heterocycles. The first kappa shape index (κ1) is 25.7. The Morgan fingerprint density at radius 3 is 2.77 bits per heavy atom. The lowest BCUT2D eigenvalue weighted by atomic mass is 10.0.